The zero-order valence-electron chi connectivity index (χ0n) is 14.8. The van der Waals surface area contributed by atoms with Crippen LogP contribution in [0.15, 0.2) is 54.9 Å². The zero-order valence-corrected chi connectivity index (χ0v) is 15.7. The molecule has 0 radical (unpaired) electrons. The van der Waals surface area contributed by atoms with Crippen molar-refractivity contribution in [3.63, 3.8) is 0 Å². The quantitative estimate of drug-likeness (QED) is 0.664. The van der Waals surface area contributed by atoms with E-state index in [-0.39, 0.29) is 5.82 Å². The van der Waals surface area contributed by atoms with Gasteiger partial charge in [-0.1, -0.05) is 35.9 Å². The van der Waals surface area contributed by atoms with Gasteiger partial charge in [-0.2, -0.15) is 0 Å². The first kappa shape index (κ1) is 18.0. The maximum absolute atomic E-state index is 12.0. The van der Waals surface area contributed by atoms with Crippen molar-refractivity contribution in [3.8, 4) is 22.9 Å². The number of benzene rings is 2. The zero-order chi connectivity index (χ0) is 18.7. The van der Waals surface area contributed by atoms with E-state index >= 15 is 0 Å². The molecule has 3 rings (SSSR count). The van der Waals surface area contributed by atoms with Crippen molar-refractivity contribution < 1.29 is 17.9 Å². The molecule has 0 unspecified atom stereocenters. The number of aromatic nitrogens is 2. The Morgan fingerprint density at radius 2 is 1.92 bits per heavy atom. The predicted octanol–water partition coefficient (Wildman–Crippen LogP) is 3.25. The summed E-state index contributed by atoms with van der Waals surface area (Å²) in [5.74, 6) is 1.25. The summed E-state index contributed by atoms with van der Waals surface area (Å²) in [6.45, 7) is 2.34. The van der Waals surface area contributed by atoms with Crippen LogP contribution in [0.5, 0.6) is 11.5 Å². The molecule has 1 aromatic heterocycles. The van der Waals surface area contributed by atoms with Crippen LogP contribution in [-0.4, -0.2) is 30.7 Å². The van der Waals surface area contributed by atoms with Gasteiger partial charge < -0.3 is 9.47 Å². The minimum atomic E-state index is -3.49. The number of nitrogens with zero attached hydrogens (tertiary/aromatic N) is 2. The number of ether oxygens (including phenoxy) is 2. The molecule has 0 amide bonds. The van der Waals surface area contributed by atoms with Gasteiger partial charge in [0.15, 0.2) is 17.3 Å². The molecule has 26 heavy (non-hydrogen) atoms. The standard InChI is InChI=1S/C19H20N2O4S/c1-14-6-4-7-15(12-14)13-25-18-16(8-5-9-17(18)24-2)19-20-10-11-21(19)26(3,22)23/h4-12H,13H2,1-3H3. The topological polar surface area (TPSA) is 70.4 Å². The molecule has 7 heteroatoms. The van der Waals surface area contributed by atoms with Crippen LogP contribution in [-0.2, 0) is 16.6 Å². The Balaban J connectivity index is 2.04. The van der Waals surface area contributed by atoms with E-state index in [2.05, 4.69) is 4.98 Å². The van der Waals surface area contributed by atoms with E-state index in [1.807, 2.05) is 31.2 Å². The van der Waals surface area contributed by atoms with Crippen LogP contribution in [0.2, 0.25) is 0 Å². The number of methoxy groups -OCH3 is 1. The molecule has 0 aliphatic heterocycles. The lowest BCUT2D eigenvalue weighted by atomic mass is 10.1. The summed E-state index contributed by atoms with van der Waals surface area (Å²) in [6.07, 6.45) is 3.99. The van der Waals surface area contributed by atoms with Crippen molar-refractivity contribution in [2.75, 3.05) is 13.4 Å². The summed E-state index contributed by atoms with van der Waals surface area (Å²) >= 11 is 0. The molecule has 0 spiro atoms. The van der Waals surface area contributed by atoms with E-state index in [0.29, 0.717) is 23.7 Å². The van der Waals surface area contributed by atoms with E-state index in [1.54, 1.807) is 25.3 Å². The molecule has 0 aliphatic rings. The molecule has 0 fully saturated rings. The van der Waals surface area contributed by atoms with E-state index < -0.39 is 10.0 Å². The van der Waals surface area contributed by atoms with Crippen molar-refractivity contribution in [2.45, 2.75) is 13.5 Å². The Bertz CT molecular complexity index is 1030. The van der Waals surface area contributed by atoms with Crippen LogP contribution in [0.4, 0.5) is 0 Å². The maximum Gasteiger partial charge on any atom is 0.237 e. The van der Waals surface area contributed by atoms with Gasteiger partial charge in [-0.25, -0.2) is 17.4 Å². The Kier molecular flexibility index (Phi) is 4.99. The molecule has 136 valence electrons. The van der Waals surface area contributed by atoms with Crippen molar-refractivity contribution in [2.24, 2.45) is 0 Å². The van der Waals surface area contributed by atoms with E-state index in [0.717, 1.165) is 21.4 Å². The molecule has 0 saturated heterocycles. The van der Waals surface area contributed by atoms with Gasteiger partial charge in [-0.3, -0.25) is 0 Å². The largest absolute Gasteiger partial charge is 0.493 e. The normalized spacial score (nSPS) is 11.3. The van der Waals surface area contributed by atoms with Gasteiger partial charge in [-0.05, 0) is 24.6 Å². The lowest BCUT2D eigenvalue weighted by Gasteiger charge is -2.15. The van der Waals surface area contributed by atoms with Gasteiger partial charge in [0.2, 0.25) is 10.0 Å². The Morgan fingerprint density at radius 1 is 1.15 bits per heavy atom. The Labute approximate surface area is 153 Å². The van der Waals surface area contributed by atoms with Gasteiger partial charge in [0, 0.05) is 12.4 Å². The Morgan fingerprint density at radius 3 is 2.62 bits per heavy atom. The molecule has 0 aliphatic carbocycles. The molecular weight excluding hydrogens is 352 g/mol. The van der Waals surface area contributed by atoms with Crippen molar-refractivity contribution in [1.29, 1.82) is 0 Å². The minimum absolute atomic E-state index is 0.283. The maximum atomic E-state index is 12.0. The monoisotopic (exact) mass is 372 g/mol. The fourth-order valence-corrected chi connectivity index (χ4v) is 3.44. The van der Waals surface area contributed by atoms with Crippen molar-refractivity contribution in [3.05, 3.63) is 66.0 Å². The lowest BCUT2D eigenvalue weighted by molar-refractivity contribution is 0.285. The summed E-state index contributed by atoms with van der Waals surface area (Å²) in [5, 5.41) is 0. The average Bonchev–Trinajstić information content (AvgIpc) is 3.09. The summed E-state index contributed by atoms with van der Waals surface area (Å²) in [4.78, 5) is 4.21. The summed E-state index contributed by atoms with van der Waals surface area (Å²) < 4.78 is 36.6. The predicted molar refractivity (Wildman–Crippen MR) is 100.0 cm³/mol. The summed E-state index contributed by atoms with van der Waals surface area (Å²) in [5.41, 5.74) is 2.69. The van der Waals surface area contributed by atoms with Gasteiger partial charge in [0.25, 0.3) is 0 Å². The number of rotatable bonds is 6. The number of imidazole rings is 1. The highest BCUT2D eigenvalue weighted by Gasteiger charge is 2.20. The first-order valence-electron chi connectivity index (χ1n) is 8.00. The molecule has 0 atom stereocenters. The molecule has 0 bridgehead atoms. The number of hydrogen-bond acceptors (Lipinski definition) is 5. The smallest absolute Gasteiger partial charge is 0.237 e. The Hall–Kier alpha value is -2.80. The molecular formula is C19H20N2O4S. The van der Waals surface area contributed by atoms with Crippen LogP contribution in [0.3, 0.4) is 0 Å². The van der Waals surface area contributed by atoms with Gasteiger partial charge in [0.05, 0.1) is 18.9 Å². The fourth-order valence-electron chi connectivity index (χ4n) is 2.71. The van der Waals surface area contributed by atoms with E-state index in [9.17, 15) is 8.42 Å². The van der Waals surface area contributed by atoms with Crippen LogP contribution in [0.1, 0.15) is 11.1 Å². The fraction of sp³-hybridized carbons (Fsp3) is 0.211. The molecule has 1 heterocycles. The highest BCUT2D eigenvalue weighted by molar-refractivity contribution is 7.89. The second kappa shape index (κ2) is 7.21. The first-order chi connectivity index (χ1) is 12.4. The second-order valence-corrected chi connectivity index (χ2v) is 7.78. The molecule has 3 aromatic rings. The van der Waals surface area contributed by atoms with E-state index in [1.165, 1.54) is 12.4 Å². The van der Waals surface area contributed by atoms with E-state index in [4.69, 9.17) is 9.47 Å². The highest BCUT2D eigenvalue weighted by Crippen LogP contribution is 2.38. The number of hydrogen-bond donors (Lipinski definition) is 0. The SMILES string of the molecule is COc1cccc(-c2nccn2S(C)(=O)=O)c1OCc1cccc(C)c1. The first-order valence-corrected chi connectivity index (χ1v) is 9.84. The van der Waals surface area contributed by atoms with Crippen LogP contribution in [0.25, 0.3) is 11.4 Å². The third kappa shape index (κ3) is 3.72. The van der Waals surface area contributed by atoms with Crippen LogP contribution in [0, 0.1) is 6.92 Å². The van der Waals surface area contributed by atoms with Gasteiger partial charge >= 0.3 is 0 Å². The minimum Gasteiger partial charge on any atom is -0.493 e. The number of aryl methyl sites for hydroxylation is 1. The molecule has 0 N–H and O–H groups in total. The lowest BCUT2D eigenvalue weighted by Crippen LogP contribution is -2.11. The number of para-hydroxylation sites is 1. The summed E-state index contributed by atoms with van der Waals surface area (Å²) in [6, 6.07) is 13.3. The molecule has 0 saturated carbocycles. The van der Waals surface area contributed by atoms with Crippen molar-refractivity contribution >= 4 is 10.0 Å². The van der Waals surface area contributed by atoms with Crippen molar-refractivity contribution in [1.82, 2.24) is 8.96 Å². The third-order valence-electron chi connectivity index (χ3n) is 3.87. The van der Waals surface area contributed by atoms with Crippen LogP contribution >= 0.6 is 0 Å². The average molecular weight is 372 g/mol. The van der Waals surface area contributed by atoms with Gasteiger partial charge in [-0.15, -0.1) is 0 Å². The highest BCUT2D eigenvalue weighted by atomic mass is 32.2. The molecule has 2 aromatic carbocycles. The third-order valence-corrected chi connectivity index (χ3v) is 4.88. The summed E-state index contributed by atoms with van der Waals surface area (Å²) in [7, 11) is -1.95. The molecule has 6 nitrogen and oxygen atoms in total. The second-order valence-electron chi connectivity index (χ2n) is 5.92. The van der Waals surface area contributed by atoms with Gasteiger partial charge in [0.1, 0.15) is 6.61 Å². The van der Waals surface area contributed by atoms with Crippen LogP contribution < -0.4 is 9.47 Å².